The molecule has 1 unspecified atom stereocenters. The number of phenols is 1. The third kappa shape index (κ3) is 6.17. The van der Waals surface area contributed by atoms with E-state index in [9.17, 15) is 9.90 Å². The SMILES string of the molecule is CC(C)C(CCN)CCC(=O)N(C)Cc1ccc(O)cc1. The van der Waals surface area contributed by atoms with Crippen molar-refractivity contribution in [3.63, 3.8) is 0 Å². The molecule has 0 spiro atoms. The van der Waals surface area contributed by atoms with Crippen LogP contribution in [0.3, 0.4) is 0 Å². The van der Waals surface area contributed by atoms with Gasteiger partial charge in [0.1, 0.15) is 5.75 Å². The molecular weight excluding hydrogens is 264 g/mol. The highest BCUT2D eigenvalue weighted by Crippen LogP contribution is 2.21. The lowest BCUT2D eigenvalue weighted by atomic mass is 9.88. The van der Waals surface area contributed by atoms with E-state index < -0.39 is 0 Å². The normalized spacial score (nSPS) is 12.4. The van der Waals surface area contributed by atoms with E-state index in [1.54, 1.807) is 17.0 Å². The van der Waals surface area contributed by atoms with Gasteiger partial charge < -0.3 is 15.7 Å². The van der Waals surface area contributed by atoms with Crippen molar-refractivity contribution >= 4 is 5.91 Å². The van der Waals surface area contributed by atoms with Crippen molar-refractivity contribution in [3.8, 4) is 5.75 Å². The lowest BCUT2D eigenvalue weighted by Crippen LogP contribution is -2.27. The number of rotatable bonds is 8. The number of phenolic OH excluding ortho intramolecular Hbond substituents is 1. The number of benzene rings is 1. The molecule has 0 aliphatic rings. The van der Waals surface area contributed by atoms with Gasteiger partial charge in [-0.05, 0) is 48.9 Å². The van der Waals surface area contributed by atoms with E-state index in [1.807, 2.05) is 19.2 Å². The first-order valence-corrected chi connectivity index (χ1v) is 7.66. The summed E-state index contributed by atoms with van der Waals surface area (Å²) < 4.78 is 0. The van der Waals surface area contributed by atoms with Gasteiger partial charge in [-0.15, -0.1) is 0 Å². The van der Waals surface area contributed by atoms with E-state index in [0.717, 1.165) is 18.4 Å². The number of carbonyl (C=O) groups excluding carboxylic acids is 1. The standard InChI is InChI=1S/C17H28N2O2/c1-13(2)15(10-11-18)6-9-17(21)19(3)12-14-4-7-16(20)8-5-14/h4-5,7-8,13,15,20H,6,9-12,18H2,1-3H3. The van der Waals surface area contributed by atoms with Crippen LogP contribution in [0.2, 0.25) is 0 Å². The minimum atomic E-state index is 0.158. The van der Waals surface area contributed by atoms with Crippen molar-refractivity contribution in [2.75, 3.05) is 13.6 Å². The van der Waals surface area contributed by atoms with Gasteiger partial charge in [0.2, 0.25) is 5.91 Å². The Morgan fingerprint density at radius 2 is 1.86 bits per heavy atom. The summed E-state index contributed by atoms with van der Waals surface area (Å²) in [4.78, 5) is 13.9. The molecule has 1 rings (SSSR count). The van der Waals surface area contributed by atoms with Gasteiger partial charge in [0, 0.05) is 20.0 Å². The third-order valence-electron chi connectivity index (χ3n) is 3.99. The topological polar surface area (TPSA) is 66.6 Å². The highest BCUT2D eigenvalue weighted by molar-refractivity contribution is 5.75. The number of nitrogens with two attached hydrogens (primary N) is 1. The van der Waals surface area contributed by atoms with Crippen LogP contribution in [0.1, 0.15) is 38.7 Å². The zero-order chi connectivity index (χ0) is 15.8. The Kier molecular flexibility index (Phi) is 7.23. The van der Waals surface area contributed by atoms with Gasteiger partial charge >= 0.3 is 0 Å². The van der Waals surface area contributed by atoms with Crippen molar-refractivity contribution in [1.82, 2.24) is 4.90 Å². The fraction of sp³-hybridized carbons (Fsp3) is 0.588. The average Bonchev–Trinajstić information content (AvgIpc) is 2.45. The van der Waals surface area contributed by atoms with E-state index in [-0.39, 0.29) is 11.7 Å². The molecule has 4 nitrogen and oxygen atoms in total. The summed E-state index contributed by atoms with van der Waals surface area (Å²) in [7, 11) is 1.82. The van der Waals surface area contributed by atoms with Crippen LogP contribution < -0.4 is 5.73 Å². The van der Waals surface area contributed by atoms with E-state index in [0.29, 0.717) is 31.3 Å². The van der Waals surface area contributed by atoms with Crippen LogP contribution in [-0.2, 0) is 11.3 Å². The first kappa shape index (κ1) is 17.5. The van der Waals surface area contributed by atoms with Gasteiger partial charge in [-0.1, -0.05) is 26.0 Å². The van der Waals surface area contributed by atoms with E-state index in [4.69, 9.17) is 5.73 Å². The molecule has 0 fully saturated rings. The molecule has 1 aromatic carbocycles. The summed E-state index contributed by atoms with van der Waals surface area (Å²) in [5.74, 6) is 1.48. The first-order chi connectivity index (χ1) is 9.93. The molecule has 3 N–H and O–H groups in total. The van der Waals surface area contributed by atoms with Crippen molar-refractivity contribution in [3.05, 3.63) is 29.8 Å². The maximum Gasteiger partial charge on any atom is 0.222 e. The van der Waals surface area contributed by atoms with Gasteiger partial charge in [0.25, 0.3) is 0 Å². The predicted molar refractivity (Wildman–Crippen MR) is 85.8 cm³/mol. The van der Waals surface area contributed by atoms with Crippen LogP contribution >= 0.6 is 0 Å². The Labute approximate surface area is 128 Å². The van der Waals surface area contributed by atoms with Gasteiger partial charge in [0.05, 0.1) is 0 Å². The van der Waals surface area contributed by atoms with Gasteiger partial charge in [-0.3, -0.25) is 4.79 Å². The summed E-state index contributed by atoms with van der Waals surface area (Å²) in [6.07, 6.45) is 2.44. The first-order valence-electron chi connectivity index (χ1n) is 7.66. The van der Waals surface area contributed by atoms with Crippen molar-refractivity contribution in [2.45, 2.75) is 39.7 Å². The Morgan fingerprint density at radius 1 is 1.24 bits per heavy atom. The summed E-state index contributed by atoms with van der Waals surface area (Å²) in [5.41, 5.74) is 6.65. The van der Waals surface area contributed by atoms with E-state index in [1.165, 1.54) is 0 Å². The van der Waals surface area contributed by atoms with Crippen molar-refractivity contribution < 1.29 is 9.90 Å². The molecule has 1 aromatic rings. The van der Waals surface area contributed by atoms with Crippen molar-refractivity contribution in [1.29, 1.82) is 0 Å². The number of aromatic hydroxyl groups is 1. The Morgan fingerprint density at radius 3 is 2.38 bits per heavy atom. The van der Waals surface area contributed by atoms with Crippen LogP contribution in [0.5, 0.6) is 5.75 Å². The predicted octanol–water partition coefficient (Wildman–Crippen LogP) is 2.75. The molecule has 118 valence electrons. The monoisotopic (exact) mass is 292 g/mol. The summed E-state index contributed by atoms with van der Waals surface area (Å²) in [6.45, 7) is 5.62. The van der Waals surface area contributed by atoms with Crippen molar-refractivity contribution in [2.24, 2.45) is 17.6 Å². The Hall–Kier alpha value is -1.55. The number of nitrogens with zero attached hydrogens (tertiary/aromatic N) is 1. The minimum Gasteiger partial charge on any atom is -0.508 e. The Balaban J connectivity index is 2.45. The molecule has 0 bridgehead atoms. The molecule has 0 saturated carbocycles. The quantitative estimate of drug-likeness (QED) is 0.774. The molecule has 0 aromatic heterocycles. The highest BCUT2D eigenvalue weighted by Gasteiger charge is 2.16. The summed E-state index contributed by atoms with van der Waals surface area (Å²) in [6, 6.07) is 6.96. The molecule has 0 saturated heterocycles. The highest BCUT2D eigenvalue weighted by atomic mass is 16.3. The smallest absolute Gasteiger partial charge is 0.222 e. The molecule has 4 heteroatoms. The van der Waals surface area contributed by atoms with Gasteiger partial charge in [-0.25, -0.2) is 0 Å². The second kappa shape index (κ2) is 8.67. The van der Waals surface area contributed by atoms with E-state index in [2.05, 4.69) is 13.8 Å². The van der Waals surface area contributed by atoms with Crippen LogP contribution in [0.25, 0.3) is 0 Å². The Bertz CT molecular complexity index is 429. The second-order valence-corrected chi connectivity index (χ2v) is 6.04. The fourth-order valence-electron chi connectivity index (χ4n) is 2.49. The largest absolute Gasteiger partial charge is 0.508 e. The van der Waals surface area contributed by atoms with Gasteiger partial charge in [0.15, 0.2) is 0 Å². The molecular formula is C17H28N2O2. The molecule has 21 heavy (non-hydrogen) atoms. The maximum absolute atomic E-state index is 12.2. The van der Waals surface area contributed by atoms with Crippen LogP contribution in [0.4, 0.5) is 0 Å². The average molecular weight is 292 g/mol. The molecule has 1 amide bonds. The molecule has 0 aliphatic heterocycles. The summed E-state index contributed by atoms with van der Waals surface area (Å²) in [5, 5.41) is 9.26. The maximum atomic E-state index is 12.2. The third-order valence-corrected chi connectivity index (χ3v) is 3.99. The molecule has 0 heterocycles. The lowest BCUT2D eigenvalue weighted by Gasteiger charge is -2.22. The molecule has 1 atom stereocenters. The van der Waals surface area contributed by atoms with Crippen LogP contribution in [0.15, 0.2) is 24.3 Å². The van der Waals surface area contributed by atoms with Crippen LogP contribution in [0, 0.1) is 11.8 Å². The van der Waals surface area contributed by atoms with Gasteiger partial charge in [-0.2, -0.15) is 0 Å². The second-order valence-electron chi connectivity index (χ2n) is 6.04. The van der Waals surface area contributed by atoms with Crippen LogP contribution in [-0.4, -0.2) is 29.5 Å². The number of hydrogen-bond donors (Lipinski definition) is 2. The minimum absolute atomic E-state index is 0.158. The lowest BCUT2D eigenvalue weighted by molar-refractivity contribution is -0.130. The fourth-order valence-corrected chi connectivity index (χ4v) is 2.49. The molecule has 0 radical (unpaired) electrons. The van der Waals surface area contributed by atoms with E-state index >= 15 is 0 Å². The zero-order valence-electron chi connectivity index (χ0n) is 13.4. The zero-order valence-corrected chi connectivity index (χ0v) is 13.4. The summed E-state index contributed by atoms with van der Waals surface area (Å²) >= 11 is 0. The number of hydrogen-bond acceptors (Lipinski definition) is 3. The number of carbonyl (C=O) groups is 1. The number of amides is 1. The molecule has 0 aliphatic carbocycles.